The minimum atomic E-state index is -0.498. The van der Waals surface area contributed by atoms with Crippen molar-refractivity contribution in [3.63, 3.8) is 0 Å². The van der Waals surface area contributed by atoms with Gasteiger partial charge in [0.2, 0.25) is 5.13 Å². The summed E-state index contributed by atoms with van der Waals surface area (Å²) >= 11 is 1.42. The van der Waals surface area contributed by atoms with Crippen LogP contribution in [0, 0.1) is 5.82 Å². The van der Waals surface area contributed by atoms with Crippen LogP contribution in [0.25, 0.3) is 0 Å². The fraction of sp³-hybridized carbons (Fsp3) is 0.167. The summed E-state index contributed by atoms with van der Waals surface area (Å²) in [6.45, 7) is 0.205. The van der Waals surface area contributed by atoms with E-state index in [4.69, 9.17) is 0 Å². The number of rotatable bonds is 6. The quantitative estimate of drug-likeness (QED) is 0.682. The molecule has 0 bridgehead atoms. The zero-order chi connectivity index (χ0) is 17.6. The summed E-state index contributed by atoms with van der Waals surface area (Å²) in [5.74, 6) is -0.892. The lowest BCUT2D eigenvalue weighted by Gasteiger charge is -2.06. The van der Waals surface area contributed by atoms with Gasteiger partial charge in [-0.15, -0.1) is 10.2 Å². The van der Waals surface area contributed by atoms with E-state index in [2.05, 4.69) is 20.3 Å². The molecule has 0 aliphatic rings. The Kier molecular flexibility index (Phi) is 5.35. The van der Waals surface area contributed by atoms with E-state index in [0.29, 0.717) is 22.7 Å². The third-order valence-electron chi connectivity index (χ3n) is 3.56. The molecule has 0 amide bonds. The van der Waals surface area contributed by atoms with Crippen LogP contribution in [0.15, 0.2) is 48.5 Å². The first-order valence-corrected chi connectivity index (χ1v) is 8.44. The van der Waals surface area contributed by atoms with Crippen molar-refractivity contribution in [2.24, 2.45) is 0 Å². The molecule has 0 aliphatic carbocycles. The maximum Gasteiger partial charge on any atom is 0.337 e. The predicted molar refractivity (Wildman–Crippen MR) is 94.2 cm³/mol. The number of anilines is 1. The Bertz CT molecular complexity index is 868. The molecule has 0 fully saturated rings. The van der Waals surface area contributed by atoms with Crippen molar-refractivity contribution >= 4 is 22.4 Å². The van der Waals surface area contributed by atoms with Crippen LogP contribution in [0.1, 0.15) is 26.5 Å². The highest BCUT2D eigenvalue weighted by Crippen LogP contribution is 2.20. The number of methoxy groups -OCH3 is 1. The van der Waals surface area contributed by atoms with Gasteiger partial charge in [0.15, 0.2) is 0 Å². The molecule has 3 rings (SSSR count). The normalized spacial score (nSPS) is 10.5. The summed E-state index contributed by atoms with van der Waals surface area (Å²) in [5, 5.41) is 12.7. The van der Waals surface area contributed by atoms with E-state index in [0.717, 1.165) is 10.6 Å². The highest BCUT2D eigenvalue weighted by Gasteiger charge is 2.11. The second-order valence-corrected chi connectivity index (χ2v) is 6.38. The number of halogens is 1. The Hall–Kier alpha value is -2.80. The van der Waals surface area contributed by atoms with E-state index in [-0.39, 0.29) is 6.54 Å². The van der Waals surface area contributed by atoms with Gasteiger partial charge in [0.1, 0.15) is 10.8 Å². The van der Waals surface area contributed by atoms with Crippen LogP contribution in [0.5, 0.6) is 0 Å². The third kappa shape index (κ3) is 4.39. The molecule has 5 nitrogen and oxygen atoms in total. The van der Waals surface area contributed by atoms with E-state index in [1.54, 1.807) is 0 Å². The standard InChI is InChI=1S/C18H16FN3O2S/c1-24-17(23)13-7-8-15(19)14(10-13)11-20-18-22-21-16(25-18)9-12-5-3-2-4-6-12/h2-8,10H,9,11H2,1H3,(H,20,22). The summed E-state index contributed by atoms with van der Waals surface area (Å²) in [7, 11) is 1.29. The second-order valence-electron chi connectivity index (χ2n) is 5.31. The van der Waals surface area contributed by atoms with Gasteiger partial charge < -0.3 is 10.1 Å². The smallest absolute Gasteiger partial charge is 0.337 e. The minimum Gasteiger partial charge on any atom is -0.465 e. The Labute approximate surface area is 148 Å². The number of aromatic nitrogens is 2. The van der Waals surface area contributed by atoms with Gasteiger partial charge in [0.25, 0.3) is 0 Å². The summed E-state index contributed by atoms with van der Waals surface area (Å²) in [6.07, 6.45) is 0.701. The minimum absolute atomic E-state index is 0.205. The number of esters is 1. The zero-order valence-electron chi connectivity index (χ0n) is 13.5. The molecule has 7 heteroatoms. The molecule has 1 N–H and O–H groups in total. The molecule has 0 aliphatic heterocycles. The SMILES string of the molecule is COC(=O)c1ccc(F)c(CNc2nnc(Cc3ccccc3)s2)c1. The highest BCUT2D eigenvalue weighted by atomic mass is 32.1. The second kappa shape index (κ2) is 7.85. The van der Waals surface area contributed by atoms with Gasteiger partial charge in [0.05, 0.1) is 12.7 Å². The lowest BCUT2D eigenvalue weighted by atomic mass is 10.1. The predicted octanol–water partition coefficient (Wildman–Crippen LogP) is 3.67. The van der Waals surface area contributed by atoms with E-state index >= 15 is 0 Å². The molecule has 128 valence electrons. The largest absolute Gasteiger partial charge is 0.465 e. The molecule has 0 unspecified atom stereocenters. The van der Waals surface area contributed by atoms with Gasteiger partial charge in [0, 0.05) is 18.5 Å². The summed E-state index contributed by atoms with van der Waals surface area (Å²) in [4.78, 5) is 11.5. The summed E-state index contributed by atoms with van der Waals surface area (Å²) in [6, 6.07) is 14.1. The Balaban J connectivity index is 1.65. The molecule has 0 atom stereocenters. The monoisotopic (exact) mass is 357 g/mol. The van der Waals surface area contributed by atoms with Gasteiger partial charge >= 0.3 is 5.97 Å². The number of carbonyl (C=O) groups excluding carboxylic acids is 1. The van der Waals surface area contributed by atoms with Crippen molar-refractivity contribution in [1.29, 1.82) is 0 Å². The van der Waals surface area contributed by atoms with Crippen LogP contribution in [0.4, 0.5) is 9.52 Å². The van der Waals surface area contributed by atoms with Crippen LogP contribution in [-0.4, -0.2) is 23.3 Å². The fourth-order valence-corrected chi connectivity index (χ4v) is 3.06. The molecule has 0 saturated heterocycles. The van der Waals surface area contributed by atoms with Crippen LogP contribution in [-0.2, 0) is 17.7 Å². The lowest BCUT2D eigenvalue weighted by molar-refractivity contribution is 0.0600. The van der Waals surface area contributed by atoms with Crippen molar-refractivity contribution in [3.05, 3.63) is 76.0 Å². The first-order valence-electron chi connectivity index (χ1n) is 7.62. The van der Waals surface area contributed by atoms with E-state index < -0.39 is 11.8 Å². The van der Waals surface area contributed by atoms with Crippen molar-refractivity contribution in [2.45, 2.75) is 13.0 Å². The van der Waals surface area contributed by atoms with Crippen molar-refractivity contribution < 1.29 is 13.9 Å². The summed E-state index contributed by atoms with van der Waals surface area (Å²) < 4.78 is 18.6. The van der Waals surface area contributed by atoms with Gasteiger partial charge in [-0.25, -0.2) is 9.18 Å². The van der Waals surface area contributed by atoms with Crippen LogP contribution >= 0.6 is 11.3 Å². The van der Waals surface area contributed by atoms with E-state index in [1.807, 2.05) is 30.3 Å². The van der Waals surface area contributed by atoms with Gasteiger partial charge in [-0.05, 0) is 23.8 Å². The van der Waals surface area contributed by atoms with Crippen LogP contribution in [0.2, 0.25) is 0 Å². The first-order chi connectivity index (χ1) is 12.2. The van der Waals surface area contributed by atoms with Gasteiger partial charge in [-0.3, -0.25) is 0 Å². The number of hydrogen-bond donors (Lipinski definition) is 1. The molecule has 0 spiro atoms. The number of benzene rings is 2. The van der Waals surface area contributed by atoms with Crippen molar-refractivity contribution in [2.75, 3.05) is 12.4 Å². The molecule has 0 saturated carbocycles. The fourth-order valence-electron chi connectivity index (χ4n) is 2.29. The van der Waals surface area contributed by atoms with E-state index in [9.17, 15) is 9.18 Å². The average Bonchev–Trinajstić information content (AvgIpc) is 3.08. The van der Waals surface area contributed by atoms with Gasteiger partial charge in [-0.2, -0.15) is 0 Å². The topological polar surface area (TPSA) is 64.1 Å². The molecular formula is C18H16FN3O2S. The first kappa shape index (κ1) is 17.0. The third-order valence-corrected chi connectivity index (χ3v) is 4.44. The van der Waals surface area contributed by atoms with Crippen molar-refractivity contribution in [1.82, 2.24) is 10.2 Å². The maximum atomic E-state index is 13.9. The molecule has 0 radical (unpaired) electrons. The number of hydrogen-bond acceptors (Lipinski definition) is 6. The molecule has 2 aromatic carbocycles. The number of carbonyl (C=O) groups is 1. The van der Waals surface area contributed by atoms with Crippen molar-refractivity contribution in [3.8, 4) is 0 Å². The summed E-state index contributed by atoms with van der Waals surface area (Å²) in [5.41, 5.74) is 1.83. The molecule has 1 aromatic heterocycles. The number of ether oxygens (including phenoxy) is 1. The van der Waals surface area contributed by atoms with Gasteiger partial charge in [-0.1, -0.05) is 41.7 Å². The molecule has 1 heterocycles. The van der Waals surface area contributed by atoms with Crippen LogP contribution in [0.3, 0.4) is 0 Å². The Morgan fingerprint density at radius 3 is 2.76 bits per heavy atom. The van der Waals surface area contributed by atoms with E-state index in [1.165, 1.54) is 36.6 Å². The lowest BCUT2D eigenvalue weighted by Crippen LogP contribution is -2.06. The molecule has 25 heavy (non-hydrogen) atoms. The molecular weight excluding hydrogens is 341 g/mol. The highest BCUT2D eigenvalue weighted by molar-refractivity contribution is 7.15. The number of nitrogens with one attached hydrogen (secondary N) is 1. The number of nitrogens with zero attached hydrogens (tertiary/aromatic N) is 2. The Morgan fingerprint density at radius 2 is 2.00 bits per heavy atom. The average molecular weight is 357 g/mol. The Morgan fingerprint density at radius 1 is 1.20 bits per heavy atom. The zero-order valence-corrected chi connectivity index (χ0v) is 14.3. The molecule has 3 aromatic rings. The maximum absolute atomic E-state index is 13.9. The van der Waals surface area contributed by atoms with Crippen LogP contribution < -0.4 is 5.32 Å².